The lowest BCUT2D eigenvalue weighted by Gasteiger charge is -2.14. The first-order valence-electron chi connectivity index (χ1n) is 8.37. The van der Waals surface area contributed by atoms with Crippen LogP contribution in [0.3, 0.4) is 0 Å². The highest BCUT2D eigenvalue weighted by atomic mass is 16.4. The standard InChI is InChI=1S/C19H20N4O4/c1-12-7-9-14(10-8-12)23-19(27)17(16(22-23)18(26)15(25)11-24)21-20-13-5-3-2-4-6-13/h2-10,15,18,22,24-26H,11H2,1H3. The summed E-state index contributed by atoms with van der Waals surface area (Å²) >= 11 is 0. The number of azo groups is 1. The van der Waals surface area contributed by atoms with Crippen LogP contribution in [0.1, 0.15) is 17.4 Å². The summed E-state index contributed by atoms with van der Waals surface area (Å²) in [6.07, 6.45) is -3.00. The van der Waals surface area contributed by atoms with Crippen LogP contribution in [-0.4, -0.2) is 37.8 Å². The van der Waals surface area contributed by atoms with Crippen molar-refractivity contribution in [3.63, 3.8) is 0 Å². The summed E-state index contributed by atoms with van der Waals surface area (Å²) in [5, 5.41) is 40.0. The van der Waals surface area contributed by atoms with E-state index in [0.717, 1.165) is 5.56 Å². The highest BCUT2D eigenvalue weighted by molar-refractivity contribution is 5.46. The molecule has 1 aromatic heterocycles. The Kier molecular flexibility index (Phi) is 5.60. The molecule has 0 saturated carbocycles. The van der Waals surface area contributed by atoms with Crippen LogP contribution in [0.25, 0.3) is 5.69 Å². The number of aliphatic hydroxyl groups excluding tert-OH is 3. The van der Waals surface area contributed by atoms with E-state index in [1.165, 1.54) is 4.68 Å². The third kappa shape index (κ3) is 4.03. The third-order valence-electron chi connectivity index (χ3n) is 4.05. The van der Waals surface area contributed by atoms with Gasteiger partial charge in [-0.05, 0) is 31.2 Å². The number of rotatable bonds is 6. The molecule has 4 N–H and O–H groups in total. The van der Waals surface area contributed by atoms with E-state index in [4.69, 9.17) is 5.11 Å². The van der Waals surface area contributed by atoms with Gasteiger partial charge in [0, 0.05) is 0 Å². The molecule has 3 aromatic rings. The molecule has 0 spiro atoms. The fourth-order valence-electron chi connectivity index (χ4n) is 2.52. The van der Waals surface area contributed by atoms with Crippen LogP contribution in [0.2, 0.25) is 0 Å². The molecular weight excluding hydrogens is 348 g/mol. The normalized spacial score (nSPS) is 13.8. The van der Waals surface area contributed by atoms with Crippen LogP contribution in [0.5, 0.6) is 0 Å². The van der Waals surface area contributed by atoms with Crippen LogP contribution < -0.4 is 5.56 Å². The highest BCUT2D eigenvalue weighted by Gasteiger charge is 2.26. The van der Waals surface area contributed by atoms with E-state index in [1.54, 1.807) is 36.4 Å². The van der Waals surface area contributed by atoms with Gasteiger partial charge < -0.3 is 15.3 Å². The maximum Gasteiger partial charge on any atom is 0.299 e. The number of hydrogen-bond donors (Lipinski definition) is 4. The molecule has 0 amide bonds. The number of aromatic nitrogens is 2. The van der Waals surface area contributed by atoms with Gasteiger partial charge in [0.2, 0.25) is 0 Å². The van der Waals surface area contributed by atoms with Crippen LogP contribution in [-0.2, 0) is 0 Å². The average molecular weight is 368 g/mol. The van der Waals surface area contributed by atoms with Crippen LogP contribution >= 0.6 is 0 Å². The SMILES string of the molecule is Cc1ccc(-n2[nH]c(C(O)C(O)CO)c(N=Nc3ccccc3)c2=O)cc1. The zero-order valence-corrected chi connectivity index (χ0v) is 14.6. The minimum atomic E-state index is -1.53. The lowest BCUT2D eigenvalue weighted by Crippen LogP contribution is -2.22. The molecule has 2 atom stereocenters. The number of nitrogens with zero attached hydrogens (tertiary/aromatic N) is 3. The van der Waals surface area contributed by atoms with E-state index in [2.05, 4.69) is 15.3 Å². The third-order valence-corrected chi connectivity index (χ3v) is 4.05. The number of benzene rings is 2. The van der Waals surface area contributed by atoms with Crippen molar-refractivity contribution in [2.45, 2.75) is 19.1 Å². The molecule has 2 unspecified atom stereocenters. The van der Waals surface area contributed by atoms with Crippen molar-refractivity contribution in [2.75, 3.05) is 6.61 Å². The van der Waals surface area contributed by atoms with Crippen molar-refractivity contribution in [2.24, 2.45) is 10.2 Å². The molecule has 0 bridgehead atoms. The zero-order chi connectivity index (χ0) is 19.4. The topological polar surface area (TPSA) is 123 Å². The second-order valence-electron chi connectivity index (χ2n) is 6.08. The van der Waals surface area contributed by atoms with E-state index in [1.807, 2.05) is 25.1 Å². The minimum absolute atomic E-state index is 0.0261. The maximum absolute atomic E-state index is 12.8. The van der Waals surface area contributed by atoms with Gasteiger partial charge in [0.05, 0.1) is 23.7 Å². The number of aryl methyl sites for hydroxylation is 1. The predicted octanol–water partition coefficient (Wildman–Crippen LogP) is 2.28. The number of H-pyrrole nitrogens is 1. The maximum atomic E-state index is 12.8. The molecule has 27 heavy (non-hydrogen) atoms. The molecule has 0 aliphatic heterocycles. The summed E-state index contributed by atoms with van der Waals surface area (Å²) in [7, 11) is 0. The van der Waals surface area contributed by atoms with Crippen LogP contribution in [0.4, 0.5) is 11.4 Å². The minimum Gasteiger partial charge on any atom is -0.394 e. The molecule has 8 heteroatoms. The number of aliphatic hydroxyl groups is 3. The number of hydrogen-bond acceptors (Lipinski definition) is 6. The van der Waals surface area contributed by atoms with E-state index < -0.39 is 24.4 Å². The van der Waals surface area contributed by atoms with Crippen LogP contribution in [0.15, 0.2) is 69.6 Å². The van der Waals surface area contributed by atoms with Gasteiger partial charge in [0.25, 0.3) is 5.56 Å². The van der Waals surface area contributed by atoms with Crippen LogP contribution in [0, 0.1) is 6.92 Å². The van der Waals surface area contributed by atoms with Gasteiger partial charge in [-0.25, -0.2) is 4.68 Å². The number of nitrogens with one attached hydrogen (secondary N) is 1. The Morgan fingerprint density at radius 2 is 1.70 bits per heavy atom. The molecule has 0 aliphatic rings. The van der Waals surface area contributed by atoms with Crippen molar-refractivity contribution < 1.29 is 15.3 Å². The molecular formula is C19H20N4O4. The monoisotopic (exact) mass is 368 g/mol. The molecule has 1 heterocycles. The molecule has 0 radical (unpaired) electrons. The Bertz CT molecular complexity index is 977. The lowest BCUT2D eigenvalue weighted by atomic mass is 10.1. The van der Waals surface area contributed by atoms with Crippen molar-refractivity contribution in [1.29, 1.82) is 0 Å². The Morgan fingerprint density at radius 3 is 2.33 bits per heavy atom. The Labute approximate surface area is 155 Å². The fourth-order valence-corrected chi connectivity index (χ4v) is 2.52. The summed E-state index contributed by atoms with van der Waals surface area (Å²) in [6, 6.07) is 16.0. The molecule has 8 nitrogen and oxygen atoms in total. The van der Waals surface area contributed by atoms with E-state index >= 15 is 0 Å². The second-order valence-corrected chi connectivity index (χ2v) is 6.08. The smallest absolute Gasteiger partial charge is 0.299 e. The van der Waals surface area contributed by atoms with Crippen molar-refractivity contribution in [1.82, 2.24) is 9.78 Å². The van der Waals surface area contributed by atoms with E-state index in [9.17, 15) is 15.0 Å². The fraction of sp³-hybridized carbons (Fsp3) is 0.211. The molecule has 3 rings (SSSR count). The molecule has 0 aliphatic carbocycles. The Balaban J connectivity index is 2.10. The molecule has 140 valence electrons. The van der Waals surface area contributed by atoms with Gasteiger partial charge in [0.1, 0.15) is 12.2 Å². The lowest BCUT2D eigenvalue weighted by molar-refractivity contribution is -0.0171. The van der Waals surface area contributed by atoms with Crippen molar-refractivity contribution in [3.8, 4) is 5.69 Å². The van der Waals surface area contributed by atoms with Gasteiger partial charge in [-0.1, -0.05) is 35.9 Å². The average Bonchev–Trinajstić information content (AvgIpc) is 3.03. The quantitative estimate of drug-likeness (QED) is 0.498. The van der Waals surface area contributed by atoms with E-state index in [-0.39, 0.29) is 11.4 Å². The molecule has 0 fully saturated rings. The van der Waals surface area contributed by atoms with Gasteiger partial charge in [-0.2, -0.15) is 5.11 Å². The summed E-state index contributed by atoms with van der Waals surface area (Å²) in [4.78, 5) is 12.8. The highest BCUT2D eigenvalue weighted by Crippen LogP contribution is 2.26. The molecule has 0 saturated heterocycles. The Morgan fingerprint density at radius 1 is 1.04 bits per heavy atom. The summed E-state index contributed by atoms with van der Waals surface area (Å²) in [5.41, 5.74) is 1.40. The zero-order valence-electron chi connectivity index (χ0n) is 14.6. The van der Waals surface area contributed by atoms with Gasteiger partial charge in [0.15, 0.2) is 5.69 Å². The first-order valence-corrected chi connectivity index (χ1v) is 8.37. The largest absolute Gasteiger partial charge is 0.394 e. The summed E-state index contributed by atoms with van der Waals surface area (Å²) in [6.45, 7) is 1.25. The number of aromatic amines is 1. The molecule has 2 aromatic carbocycles. The first-order chi connectivity index (χ1) is 13.0. The van der Waals surface area contributed by atoms with Crippen molar-refractivity contribution in [3.05, 3.63) is 76.2 Å². The Hall–Kier alpha value is -3.07. The van der Waals surface area contributed by atoms with E-state index in [0.29, 0.717) is 11.4 Å². The predicted molar refractivity (Wildman–Crippen MR) is 99.8 cm³/mol. The van der Waals surface area contributed by atoms with Gasteiger partial charge in [-0.15, -0.1) is 5.11 Å². The first kappa shape index (κ1) is 18.7. The van der Waals surface area contributed by atoms with Gasteiger partial charge in [-0.3, -0.25) is 9.89 Å². The summed E-state index contributed by atoms with van der Waals surface area (Å²) < 4.78 is 1.21. The summed E-state index contributed by atoms with van der Waals surface area (Å²) in [5.74, 6) is 0. The van der Waals surface area contributed by atoms with Gasteiger partial charge >= 0.3 is 0 Å². The second kappa shape index (κ2) is 8.09. The van der Waals surface area contributed by atoms with Crippen molar-refractivity contribution >= 4 is 11.4 Å².